The van der Waals surface area contributed by atoms with Crippen molar-refractivity contribution in [1.82, 2.24) is 0 Å². The molecule has 2 aliphatic heterocycles. The predicted molar refractivity (Wildman–Crippen MR) is 94.7 cm³/mol. The van der Waals surface area contributed by atoms with E-state index in [0.717, 1.165) is 22.2 Å². The number of Topliss-reactive ketones (excluding diaryl/α,β-unsaturated/α-hetero) is 2. The van der Waals surface area contributed by atoms with Gasteiger partial charge in [0.25, 0.3) is 0 Å². The van der Waals surface area contributed by atoms with Gasteiger partial charge in [0.15, 0.2) is 13.2 Å². The monoisotopic (exact) mass is 408 g/mol. The summed E-state index contributed by atoms with van der Waals surface area (Å²) in [6.07, 6.45) is 0. The molecule has 4 nitrogen and oxygen atoms in total. The zero-order chi connectivity index (χ0) is 17.1. The fourth-order valence-corrected chi connectivity index (χ4v) is 2.96. The van der Waals surface area contributed by atoms with Crippen LogP contribution in [-0.4, -0.2) is 24.8 Å². The lowest BCUT2D eigenvalue weighted by Gasteiger charge is -1.98. The molecule has 2 aliphatic rings. The van der Waals surface area contributed by atoms with Gasteiger partial charge in [0.2, 0.25) is 11.6 Å². The molecular formula is C18H14BrClO4. The minimum absolute atomic E-state index is 0.0473. The number of carbonyl (C=O) groups is 2. The van der Waals surface area contributed by atoms with Crippen molar-refractivity contribution < 1.29 is 19.1 Å². The summed E-state index contributed by atoms with van der Waals surface area (Å²) in [6, 6.07) is 11.1. The first-order chi connectivity index (χ1) is 11.6. The smallest absolute Gasteiger partial charge is 0.203 e. The van der Waals surface area contributed by atoms with Crippen molar-refractivity contribution in [3.63, 3.8) is 0 Å². The van der Waals surface area contributed by atoms with Crippen molar-refractivity contribution in [2.24, 2.45) is 0 Å². The average Bonchev–Trinajstić information content (AvgIpc) is 3.18. The van der Waals surface area contributed by atoms with Crippen molar-refractivity contribution in [2.45, 2.75) is 11.2 Å². The topological polar surface area (TPSA) is 52.6 Å². The maximum absolute atomic E-state index is 11.1. The molecule has 24 heavy (non-hydrogen) atoms. The first-order valence-electron chi connectivity index (χ1n) is 7.32. The zero-order valence-corrected chi connectivity index (χ0v) is 15.0. The molecular weight excluding hydrogens is 396 g/mol. The van der Waals surface area contributed by atoms with E-state index in [-0.39, 0.29) is 24.8 Å². The van der Waals surface area contributed by atoms with Crippen LogP contribution in [0.15, 0.2) is 36.4 Å². The van der Waals surface area contributed by atoms with Crippen molar-refractivity contribution in [3.05, 3.63) is 58.7 Å². The molecule has 2 aromatic carbocycles. The summed E-state index contributed by atoms with van der Waals surface area (Å²) in [7, 11) is 0. The third kappa shape index (κ3) is 3.47. The number of alkyl halides is 2. The number of benzene rings is 2. The number of hydrogen-bond acceptors (Lipinski definition) is 4. The van der Waals surface area contributed by atoms with Gasteiger partial charge >= 0.3 is 0 Å². The quantitative estimate of drug-likeness (QED) is 0.699. The van der Waals surface area contributed by atoms with Gasteiger partial charge in [-0.05, 0) is 35.4 Å². The van der Waals surface area contributed by atoms with Crippen LogP contribution in [0.2, 0.25) is 0 Å². The Kier molecular flexibility index (Phi) is 5.21. The van der Waals surface area contributed by atoms with E-state index < -0.39 is 0 Å². The molecule has 2 aromatic rings. The van der Waals surface area contributed by atoms with E-state index in [2.05, 4.69) is 15.9 Å². The van der Waals surface area contributed by atoms with Crippen LogP contribution in [0.4, 0.5) is 0 Å². The number of carbonyl (C=O) groups excluding carboxylic acids is 2. The molecule has 0 unspecified atom stereocenters. The van der Waals surface area contributed by atoms with Crippen LogP contribution < -0.4 is 9.47 Å². The maximum atomic E-state index is 11.1. The Morgan fingerprint density at radius 3 is 1.88 bits per heavy atom. The summed E-state index contributed by atoms with van der Waals surface area (Å²) in [5, 5.41) is 0.790. The lowest BCUT2D eigenvalue weighted by atomic mass is 10.1. The molecule has 0 aromatic heterocycles. The molecule has 0 amide bonds. The molecule has 2 heterocycles. The van der Waals surface area contributed by atoms with Crippen LogP contribution in [0.1, 0.15) is 31.8 Å². The highest BCUT2D eigenvalue weighted by Crippen LogP contribution is 2.27. The Hall–Kier alpha value is -1.85. The lowest BCUT2D eigenvalue weighted by Crippen LogP contribution is -1.98. The van der Waals surface area contributed by atoms with Gasteiger partial charge in [0.1, 0.15) is 11.5 Å². The fraction of sp³-hybridized carbons (Fsp3) is 0.222. The van der Waals surface area contributed by atoms with Gasteiger partial charge in [-0.15, -0.1) is 11.6 Å². The largest absolute Gasteiger partial charge is 0.485 e. The van der Waals surface area contributed by atoms with Gasteiger partial charge in [-0.3, -0.25) is 9.59 Å². The van der Waals surface area contributed by atoms with E-state index >= 15 is 0 Å². The van der Waals surface area contributed by atoms with Crippen molar-refractivity contribution in [1.29, 1.82) is 0 Å². The maximum Gasteiger partial charge on any atom is 0.203 e. The van der Waals surface area contributed by atoms with Crippen molar-refractivity contribution >= 4 is 39.1 Å². The third-order valence-electron chi connectivity index (χ3n) is 3.72. The zero-order valence-electron chi connectivity index (χ0n) is 12.7. The molecule has 0 saturated carbocycles. The normalized spacial score (nSPS) is 14.2. The third-order valence-corrected chi connectivity index (χ3v) is 4.68. The van der Waals surface area contributed by atoms with Gasteiger partial charge in [0.05, 0.1) is 11.1 Å². The van der Waals surface area contributed by atoms with Gasteiger partial charge in [-0.2, -0.15) is 0 Å². The van der Waals surface area contributed by atoms with Gasteiger partial charge in [-0.25, -0.2) is 0 Å². The average molecular weight is 410 g/mol. The van der Waals surface area contributed by atoms with Crippen LogP contribution in [0, 0.1) is 0 Å². The van der Waals surface area contributed by atoms with Crippen LogP contribution >= 0.6 is 27.5 Å². The summed E-state index contributed by atoms with van der Waals surface area (Å²) in [4.78, 5) is 22.2. The standard InChI is InChI=1S/C9H7BrO2.C9H7ClO2/c2*10-4-6-1-2-7-8(11)5-12-9(7)3-6/h2*1-3H,4-5H2. The molecule has 124 valence electrons. The summed E-state index contributed by atoms with van der Waals surface area (Å²) < 4.78 is 10.3. The Labute approximate surface area is 152 Å². The van der Waals surface area contributed by atoms with Crippen LogP contribution in [0.3, 0.4) is 0 Å². The fourth-order valence-electron chi connectivity index (χ4n) is 2.44. The van der Waals surface area contributed by atoms with Crippen molar-refractivity contribution in [3.8, 4) is 11.5 Å². The van der Waals surface area contributed by atoms with E-state index in [1.165, 1.54) is 0 Å². The molecule has 0 fully saturated rings. The summed E-state index contributed by atoms with van der Waals surface area (Å²) in [5.74, 6) is 1.96. The SMILES string of the molecule is O=C1COc2cc(CBr)ccc21.O=C1COc2cc(CCl)ccc21. The second kappa shape index (κ2) is 7.36. The van der Waals surface area contributed by atoms with E-state index in [1.807, 2.05) is 30.3 Å². The summed E-state index contributed by atoms with van der Waals surface area (Å²) in [6.45, 7) is 0.363. The molecule has 0 aliphatic carbocycles. The molecule has 0 radical (unpaired) electrons. The molecule has 4 rings (SSSR count). The van der Waals surface area contributed by atoms with Crippen molar-refractivity contribution in [2.75, 3.05) is 13.2 Å². The van der Waals surface area contributed by atoms with E-state index in [0.29, 0.717) is 22.8 Å². The molecule has 0 atom stereocenters. The second-order valence-electron chi connectivity index (χ2n) is 5.35. The number of ether oxygens (including phenoxy) is 2. The Bertz CT molecular complexity index is 736. The number of rotatable bonds is 2. The second-order valence-corrected chi connectivity index (χ2v) is 6.18. The number of ketones is 2. The number of fused-ring (bicyclic) bond motifs is 2. The Morgan fingerprint density at radius 2 is 1.38 bits per heavy atom. The highest BCUT2D eigenvalue weighted by molar-refractivity contribution is 9.08. The Morgan fingerprint density at radius 1 is 0.875 bits per heavy atom. The van der Waals surface area contributed by atoms with Gasteiger partial charge in [0, 0.05) is 11.2 Å². The number of halogens is 2. The predicted octanol–water partition coefficient (Wildman–Crippen LogP) is 4.16. The van der Waals surface area contributed by atoms with Gasteiger partial charge in [-0.1, -0.05) is 28.1 Å². The molecule has 0 spiro atoms. The first-order valence-corrected chi connectivity index (χ1v) is 8.97. The molecule has 6 heteroatoms. The minimum atomic E-state index is 0.0473. The Balaban J connectivity index is 0.000000141. The van der Waals surface area contributed by atoms with Crippen LogP contribution in [-0.2, 0) is 11.2 Å². The highest BCUT2D eigenvalue weighted by atomic mass is 79.9. The van der Waals surface area contributed by atoms with E-state index in [1.54, 1.807) is 6.07 Å². The van der Waals surface area contributed by atoms with Crippen LogP contribution in [0.25, 0.3) is 0 Å². The first kappa shape index (κ1) is 17.0. The summed E-state index contributed by atoms with van der Waals surface area (Å²) >= 11 is 8.96. The lowest BCUT2D eigenvalue weighted by molar-refractivity contribution is 0.0954. The number of hydrogen-bond donors (Lipinski definition) is 0. The molecule has 0 bridgehead atoms. The molecule has 0 saturated heterocycles. The summed E-state index contributed by atoms with van der Waals surface area (Å²) in [5.41, 5.74) is 3.48. The minimum Gasteiger partial charge on any atom is -0.485 e. The van der Waals surface area contributed by atoms with E-state index in [9.17, 15) is 9.59 Å². The van der Waals surface area contributed by atoms with Crippen LogP contribution in [0.5, 0.6) is 11.5 Å². The van der Waals surface area contributed by atoms with E-state index in [4.69, 9.17) is 21.1 Å². The molecule has 0 N–H and O–H groups in total. The van der Waals surface area contributed by atoms with Gasteiger partial charge < -0.3 is 9.47 Å². The highest BCUT2D eigenvalue weighted by Gasteiger charge is 2.21.